The Bertz CT molecular complexity index is 665. The minimum Gasteiger partial charge on any atom is -0.393 e. The second-order valence-electron chi connectivity index (χ2n) is 7.03. The number of halogens is 1. The van der Waals surface area contributed by atoms with Crippen LogP contribution in [-0.4, -0.2) is 29.3 Å². The van der Waals surface area contributed by atoms with Crippen LogP contribution in [0.4, 0.5) is 5.82 Å². The third kappa shape index (κ3) is 3.96. The molecule has 0 aliphatic carbocycles. The Balaban J connectivity index is 1.66. The van der Waals surface area contributed by atoms with Crippen LogP contribution in [0.5, 0.6) is 0 Å². The highest BCUT2D eigenvalue weighted by Crippen LogP contribution is 2.28. The second-order valence-corrected chi connectivity index (χ2v) is 7.46. The summed E-state index contributed by atoms with van der Waals surface area (Å²) in [5.74, 6) is 2.00. The lowest BCUT2D eigenvalue weighted by molar-refractivity contribution is 0.0734. The van der Waals surface area contributed by atoms with Gasteiger partial charge in [0, 0.05) is 23.5 Å². The lowest BCUT2D eigenvalue weighted by Gasteiger charge is -2.35. The van der Waals surface area contributed by atoms with Crippen molar-refractivity contribution in [3.8, 4) is 0 Å². The van der Waals surface area contributed by atoms with Crippen LogP contribution in [0.2, 0.25) is 5.02 Å². The Morgan fingerprint density at radius 3 is 2.65 bits per heavy atom. The van der Waals surface area contributed by atoms with Crippen molar-refractivity contribution < 1.29 is 5.11 Å². The Morgan fingerprint density at radius 1 is 1.22 bits per heavy atom. The van der Waals surface area contributed by atoms with Gasteiger partial charge in [-0.25, -0.2) is 4.98 Å². The number of aliphatic hydroxyl groups excluding tert-OH is 1. The van der Waals surface area contributed by atoms with Crippen LogP contribution in [0.25, 0.3) is 10.9 Å². The van der Waals surface area contributed by atoms with E-state index in [1.54, 1.807) is 0 Å². The number of benzene rings is 1. The number of piperidine rings is 1. The van der Waals surface area contributed by atoms with Gasteiger partial charge in [0.1, 0.15) is 5.82 Å². The molecular formula is C19H25ClN2O. The smallest absolute Gasteiger partial charge is 0.129 e. The molecule has 1 unspecified atom stereocenters. The van der Waals surface area contributed by atoms with Crippen LogP contribution in [0.1, 0.15) is 33.1 Å². The zero-order valence-electron chi connectivity index (χ0n) is 13.9. The predicted octanol–water partition coefficient (Wildman–Crippen LogP) is 4.51. The van der Waals surface area contributed by atoms with Crippen LogP contribution in [0, 0.1) is 11.8 Å². The summed E-state index contributed by atoms with van der Waals surface area (Å²) in [6.45, 7) is 6.27. The van der Waals surface area contributed by atoms with E-state index in [9.17, 15) is 5.11 Å². The van der Waals surface area contributed by atoms with E-state index in [2.05, 4.69) is 30.9 Å². The number of rotatable bonds is 4. The van der Waals surface area contributed by atoms with E-state index in [0.717, 1.165) is 54.1 Å². The summed E-state index contributed by atoms with van der Waals surface area (Å²) < 4.78 is 0. The average Bonchev–Trinajstić information content (AvgIpc) is 2.54. The fourth-order valence-electron chi connectivity index (χ4n) is 3.45. The molecule has 0 spiro atoms. The highest BCUT2D eigenvalue weighted by Gasteiger charge is 2.26. The molecule has 1 aliphatic heterocycles. The molecule has 3 nitrogen and oxygen atoms in total. The van der Waals surface area contributed by atoms with Gasteiger partial charge in [0.05, 0.1) is 11.6 Å². The Hall–Kier alpha value is -1.32. The first-order valence-corrected chi connectivity index (χ1v) is 8.90. The standard InChI is InChI=1S/C19H25ClN2O/c1-13(2)11-18(23)14-7-9-22(10-8-14)19-6-3-15-12-16(20)4-5-17(15)21-19/h3-6,12-14,18,23H,7-11H2,1-2H3. The van der Waals surface area contributed by atoms with Crippen LogP contribution in [-0.2, 0) is 0 Å². The monoisotopic (exact) mass is 332 g/mol. The van der Waals surface area contributed by atoms with Crippen molar-refractivity contribution in [1.82, 2.24) is 4.98 Å². The van der Waals surface area contributed by atoms with Crippen molar-refractivity contribution >= 4 is 28.3 Å². The molecule has 0 radical (unpaired) electrons. The molecular weight excluding hydrogens is 308 g/mol. The Labute approximate surface area is 143 Å². The maximum absolute atomic E-state index is 10.3. The molecule has 0 bridgehead atoms. The van der Waals surface area contributed by atoms with Gasteiger partial charge in [-0.3, -0.25) is 0 Å². The van der Waals surface area contributed by atoms with Crippen molar-refractivity contribution in [3.05, 3.63) is 35.4 Å². The number of pyridine rings is 1. The number of aliphatic hydroxyl groups is 1. The predicted molar refractivity (Wildman–Crippen MR) is 97.2 cm³/mol. The number of fused-ring (bicyclic) bond motifs is 1. The summed E-state index contributed by atoms with van der Waals surface area (Å²) in [6, 6.07) is 9.96. The van der Waals surface area contributed by atoms with Gasteiger partial charge in [-0.15, -0.1) is 0 Å². The molecule has 4 heteroatoms. The topological polar surface area (TPSA) is 36.4 Å². The molecule has 124 valence electrons. The van der Waals surface area contributed by atoms with E-state index in [4.69, 9.17) is 16.6 Å². The van der Waals surface area contributed by atoms with Crippen molar-refractivity contribution in [1.29, 1.82) is 0 Å². The van der Waals surface area contributed by atoms with Gasteiger partial charge in [-0.2, -0.15) is 0 Å². The highest BCUT2D eigenvalue weighted by atomic mass is 35.5. The van der Waals surface area contributed by atoms with Gasteiger partial charge in [0.2, 0.25) is 0 Å². The van der Waals surface area contributed by atoms with Gasteiger partial charge < -0.3 is 10.0 Å². The average molecular weight is 333 g/mol. The number of aromatic nitrogens is 1. The van der Waals surface area contributed by atoms with Gasteiger partial charge in [-0.05, 0) is 61.4 Å². The van der Waals surface area contributed by atoms with E-state index >= 15 is 0 Å². The summed E-state index contributed by atoms with van der Waals surface area (Å²) in [6.07, 6.45) is 2.81. The Kier molecular flexibility index (Phi) is 5.08. The third-order valence-corrected chi connectivity index (χ3v) is 4.99. The van der Waals surface area contributed by atoms with E-state index in [1.807, 2.05) is 18.2 Å². The molecule has 1 N–H and O–H groups in total. The fraction of sp³-hybridized carbons (Fsp3) is 0.526. The molecule has 1 atom stereocenters. The van der Waals surface area contributed by atoms with E-state index in [-0.39, 0.29) is 6.10 Å². The van der Waals surface area contributed by atoms with Gasteiger partial charge in [0.15, 0.2) is 0 Å². The van der Waals surface area contributed by atoms with Crippen molar-refractivity contribution in [3.63, 3.8) is 0 Å². The molecule has 2 aromatic rings. The molecule has 23 heavy (non-hydrogen) atoms. The quantitative estimate of drug-likeness (QED) is 0.894. The van der Waals surface area contributed by atoms with Gasteiger partial charge in [-0.1, -0.05) is 25.4 Å². The van der Waals surface area contributed by atoms with Crippen molar-refractivity contribution in [2.75, 3.05) is 18.0 Å². The highest BCUT2D eigenvalue weighted by molar-refractivity contribution is 6.31. The summed E-state index contributed by atoms with van der Waals surface area (Å²) in [4.78, 5) is 7.09. The zero-order valence-corrected chi connectivity index (χ0v) is 14.6. The normalized spacial score (nSPS) is 17.9. The van der Waals surface area contributed by atoms with Crippen molar-refractivity contribution in [2.45, 2.75) is 39.2 Å². The number of hydrogen-bond donors (Lipinski definition) is 1. The van der Waals surface area contributed by atoms with Gasteiger partial charge in [0.25, 0.3) is 0 Å². The molecule has 1 fully saturated rings. The maximum Gasteiger partial charge on any atom is 0.129 e. The van der Waals surface area contributed by atoms with Crippen molar-refractivity contribution in [2.24, 2.45) is 11.8 Å². The lowest BCUT2D eigenvalue weighted by atomic mass is 9.87. The molecule has 1 aromatic carbocycles. The minimum absolute atomic E-state index is 0.163. The zero-order chi connectivity index (χ0) is 16.4. The third-order valence-electron chi connectivity index (χ3n) is 4.76. The largest absolute Gasteiger partial charge is 0.393 e. The second kappa shape index (κ2) is 7.06. The molecule has 0 amide bonds. The molecule has 3 rings (SSSR count). The SMILES string of the molecule is CC(C)CC(O)C1CCN(c2ccc3cc(Cl)ccc3n2)CC1. The van der Waals surface area contributed by atoms with Gasteiger partial charge >= 0.3 is 0 Å². The molecule has 1 saturated heterocycles. The van der Waals surface area contributed by atoms with Crippen LogP contribution < -0.4 is 4.90 Å². The summed E-state index contributed by atoms with van der Waals surface area (Å²) in [7, 11) is 0. The van der Waals surface area contributed by atoms with E-state index in [0.29, 0.717) is 11.8 Å². The number of anilines is 1. The van der Waals surface area contributed by atoms with Crippen LogP contribution >= 0.6 is 11.6 Å². The maximum atomic E-state index is 10.3. The molecule has 1 aromatic heterocycles. The summed E-state index contributed by atoms with van der Waals surface area (Å²) >= 11 is 6.03. The minimum atomic E-state index is -0.163. The molecule has 1 aliphatic rings. The summed E-state index contributed by atoms with van der Waals surface area (Å²) in [5, 5.41) is 12.1. The number of hydrogen-bond acceptors (Lipinski definition) is 3. The summed E-state index contributed by atoms with van der Waals surface area (Å²) in [5.41, 5.74) is 0.980. The Morgan fingerprint density at radius 2 is 1.96 bits per heavy atom. The van der Waals surface area contributed by atoms with E-state index in [1.165, 1.54) is 0 Å². The molecule has 0 saturated carbocycles. The first kappa shape index (κ1) is 16.5. The van der Waals surface area contributed by atoms with Crippen LogP contribution in [0.3, 0.4) is 0 Å². The van der Waals surface area contributed by atoms with Crippen LogP contribution in [0.15, 0.2) is 30.3 Å². The first-order valence-electron chi connectivity index (χ1n) is 8.52. The number of nitrogens with zero attached hydrogens (tertiary/aromatic N) is 2. The fourth-order valence-corrected chi connectivity index (χ4v) is 3.63. The molecule has 2 heterocycles. The first-order chi connectivity index (χ1) is 11.0. The van der Waals surface area contributed by atoms with E-state index < -0.39 is 0 Å². The lowest BCUT2D eigenvalue weighted by Crippen LogP contribution is -2.38.